The van der Waals surface area contributed by atoms with Crippen molar-refractivity contribution in [2.24, 2.45) is 10.1 Å². The molecule has 0 saturated carbocycles. The number of rotatable bonds is 6. The number of ether oxygens (including phenoxy) is 1. The van der Waals surface area contributed by atoms with E-state index in [9.17, 15) is 10.1 Å². The fourth-order valence-corrected chi connectivity index (χ4v) is 2.42. The summed E-state index contributed by atoms with van der Waals surface area (Å²) in [5.74, 6) is 0.969. The standard InChI is InChI=1S/C20H17N5O3/c1-28-19-11-10-17(25(26)27)13-15(19)14-22-24-20(18-9-5-6-12-21-18)23-16-7-3-2-4-8-16/h2-14H,1H3,(H,23,24)/p+1. The van der Waals surface area contributed by atoms with Crippen LogP contribution in [-0.4, -0.2) is 24.1 Å². The second-order valence-electron chi connectivity index (χ2n) is 5.63. The van der Waals surface area contributed by atoms with E-state index in [1.54, 1.807) is 6.20 Å². The lowest BCUT2D eigenvalue weighted by Crippen LogP contribution is -2.26. The van der Waals surface area contributed by atoms with Crippen LogP contribution in [0.4, 0.5) is 11.4 Å². The van der Waals surface area contributed by atoms with Crippen LogP contribution in [0.5, 0.6) is 5.75 Å². The van der Waals surface area contributed by atoms with E-state index in [1.165, 1.54) is 31.5 Å². The number of nitro benzene ring substituents is 1. The molecule has 1 heterocycles. The molecule has 1 aromatic heterocycles. The Kier molecular flexibility index (Phi) is 6.04. The number of aromatic amines is 1. The maximum Gasteiger partial charge on any atom is 0.270 e. The number of para-hydroxylation sites is 1. The topological polar surface area (TPSA) is 103 Å². The molecule has 0 spiro atoms. The van der Waals surface area contributed by atoms with Crippen molar-refractivity contribution in [2.75, 3.05) is 7.11 Å². The molecule has 0 atom stereocenters. The maximum absolute atomic E-state index is 11.0. The molecule has 0 radical (unpaired) electrons. The van der Waals surface area contributed by atoms with Gasteiger partial charge >= 0.3 is 0 Å². The Bertz CT molecular complexity index is 1000. The molecular weight excluding hydrogens is 358 g/mol. The average molecular weight is 376 g/mol. The Hall–Kier alpha value is -4.07. The summed E-state index contributed by atoms with van der Waals surface area (Å²) in [4.78, 5) is 18.2. The number of nitro groups is 1. The van der Waals surface area contributed by atoms with E-state index in [0.29, 0.717) is 17.1 Å². The van der Waals surface area contributed by atoms with E-state index in [2.05, 4.69) is 20.5 Å². The van der Waals surface area contributed by atoms with Crippen molar-refractivity contribution < 1.29 is 14.6 Å². The van der Waals surface area contributed by atoms with Crippen LogP contribution in [0, 0.1) is 10.1 Å². The van der Waals surface area contributed by atoms with Crippen molar-refractivity contribution in [3.8, 4) is 5.75 Å². The summed E-state index contributed by atoms with van der Waals surface area (Å²) in [6.07, 6.45) is 3.24. The van der Waals surface area contributed by atoms with Gasteiger partial charge in [0.15, 0.2) is 6.20 Å². The Labute approximate surface area is 161 Å². The summed E-state index contributed by atoms with van der Waals surface area (Å²) in [6.45, 7) is 0. The van der Waals surface area contributed by atoms with Crippen LogP contribution in [-0.2, 0) is 0 Å². The lowest BCUT2D eigenvalue weighted by molar-refractivity contribution is -0.384. The van der Waals surface area contributed by atoms with Crippen molar-refractivity contribution in [1.29, 1.82) is 0 Å². The van der Waals surface area contributed by atoms with Crippen LogP contribution in [0.2, 0.25) is 0 Å². The molecule has 0 fully saturated rings. The molecule has 3 rings (SSSR count). The van der Waals surface area contributed by atoms with E-state index < -0.39 is 4.92 Å². The molecule has 2 aromatic carbocycles. The van der Waals surface area contributed by atoms with Crippen molar-refractivity contribution in [3.63, 3.8) is 0 Å². The molecule has 0 aliphatic carbocycles. The van der Waals surface area contributed by atoms with Gasteiger partial charge in [-0.05, 0) is 24.3 Å². The van der Waals surface area contributed by atoms with Crippen molar-refractivity contribution >= 4 is 23.4 Å². The average Bonchev–Trinajstić information content (AvgIpc) is 2.74. The van der Waals surface area contributed by atoms with E-state index >= 15 is 0 Å². The van der Waals surface area contributed by atoms with Crippen LogP contribution >= 0.6 is 0 Å². The molecule has 0 aliphatic rings. The van der Waals surface area contributed by atoms with Gasteiger partial charge in [-0.15, -0.1) is 0 Å². The Morgan fingerprint density at radius 3 is 2.61 bits per heavy atom. The molecule has 0 bridgehead atoms. The number of methoxy groups -OCH3 is 1. The van der Waals surface area contributed by atoms with Crippen LogP contribution in [0.25, 0.3) is 0 Å². The summed E-state index contributed by atoms with van der Waals surface area (Å²) in [7, 11) is 1.49. The predicted molar refractivity (Wildman–Crippen MR) is 106 cm³/mol. The van der Waals surface area contributed by atoms with Gasteiger partial charge in [-0.1, -0.05) is 18.2 Å². The lowest BCUT2D eigenvalue weighted by atomic mass is 10.2. The van der Waals surface area contributed by atoms with Crippen molar-refractivity contribution in [3.05, 3.63) is 94.3 Å². The smallest absolute Gasteiger partial charge is 0.270 e. The van der Waals surface area contributed by atoms with Gasteiger partial charge in [-0.2, -0.15) is 5.10 Å². The first-order valence-electron chi connectivity index (χ1n) is 8.39. The Morgan fingerprint density at radius 2 is 1.93 bits per heavy atom. The predicted octanol–water partition coefficient (Wildman–Crippen LogP) is 3.12. The minimum atomic E-state index is -0.467. The fourth-order valence-electron chi connectivity index (χ4n) is 2.42. The third-order valence-electron chi connectivity index (χ3n) is 3.76. The summed E-state index contributed by atoms with van der Waals surface area (Å²) >= 11 is 0. The second-order valence-corrected chi connectivity index (χ2v) is 5.63. The number of hydrogen-bond acceptors (Lipinski definition) is 5. The summed E-state index contributed by atoms with van der Waals surface area (Å²) in [5, 5.41) is 15.2. The number of pyridine rings is 1. The highest BCUT2D eigenvalue weighted by atomic mass is 16.6. The van der Waals surface area contributed by atoms with E-state index in [4.69, 9.17) is 4.74 Å². The number of nitrogens with one attached hydrogen (secondary N) is 2. The number of non-ortho nitro benzene ring substituents is 1. The molecule has 0 unspecified atom stereocenters. The van der Waals surface area contributed by atoms with E-state index in [0.717, 1.165) is 11.4 Å². The Balaban J connectivity index is 1.89. The van der Waals surface area contributed by atoms with E-state index in [1.807, 2.05) is 48.5 Å². The number of nitrogens with zero attached hydrogens (tertiary/aromatic N) is 3. The van der Waals surface area contributed by atoms with Gasteiger partial charge in [0, 0.05) is 29.8 Å². The quantitative estimate of drug-likeness (QED) is 0.309. The molecular formula is C20H18N5O3+. The largest absolute Gasteiger partial charge is 0.496 e. The number of hydrazone groups is 1. The molecule has 0 saturated heterocycles. The molecule has 140 valence electrons. The first kappa shape index (κ1) is 18.7. The monoisotopic (exact) mass is 376 g/mol. The van der Waals surface area contributed by atoms with Crippen LogP contribution in [0.1, 0.15) is 11.3 Å². The van der Waals surface area contributed by atoms with E-state index in [-0.39, 0.29) is 5.69 Å². The van der Waals surface area contributed by atoms with Crippen LogP contribution in [0.15, 0.2) is 83.0 Å². The van der Waals surface area contributed by atoms with Gasteiger partial charge in [-0.3, -0.25) is 15.5 Å². The highest BCUT2D eigenvalue weighted by Crippen LogP contribution is 2.22. The van der Waals surface area contributed by atoms with Crippen molar-refractivity contribution in [1.82, 2.24) is 5.43 Å². The van der Waals surface area contributed by atoms with Gasteiger partial charge < -0.3 is 4.74 Å². The van der Waals surface area contributed by atoms with Gasteiger partial charge in [0.1, 0.15) is 5.75 Å². The number of aromatic nitrogens is 1. The molecule has 0 aliphatic heterocycles. The zero-order valence-corrected chi connectivity index (χ0v) is 15.1. The molecule has 2 N–H and O–H groups in total. The zero-order valence-electron chi connectivity index (χ0n) is 15.1. The first-order chi connectivity index (χ1) is 13.7. The number of aliphatic imine (C=N–C) groups is 1. The van der Waals surface area contributed by atoms with Crippen LogP contribution in [0.3, 0.4) is 0 Å². The highest BCUT2D eigenvalue weighted by molar-refractivity contribution is 5.98. The summed E-state index contributed by atoms with van der Waals surface area (Å²) in [6, 6.07) is 19.3. The fraction of sp³-hybridized carbons (Fsp3) is 0.0500. The first-order valence-corrected chi connectivity index (χ1v) is 8.39. The summed E-state index contributed by atoms with van der Waals surface area (Å²) in [5.41, 5.74) is 4.81. The number of hydrogen-bond donors (Lipinski definition) is 1. The van der Waals surface area contributed by atoms with Gasteiger partial charge in [0.25, 0.3) is 5.69 Å². The van der Waals surface area contributed by atoms with Crippen molar-refractivity contribution in [2.45, 2.75) is 0 Å². The van der Waals surface area contributed by atoms with Gasteiger partial charge in [-0.25, -0.2) is 9.98 Å². The molecule has 28 heavy (non-hydrogen) atoms. The summed E-state index contributed by atoms with van der Waals surface area (Å²) < 4.78 is 5.24. The lowest BCUT2D eigenvalue weighted by Gasteiger charge is -2.05. The van der Waals surface area contributed by atoms with Gasteiger partial charge in [0.2, 0.25) is 11.5 Å². The number of H-pyrrole nitrogens is 1. The number of amidine groups is 1. The minimum Gasteiger partial charge on any atom is -0.496 e. The van der Waals surface area contributed by atoms with Gasteiger partial charge in [0.05, 0.1) is 23.9 Å². The third-order valence-corrected chi connectivity index (χ3v) is 3.76. The second kappa shape index (κ2) is 9.04. The molecule has 3 aromatic rings. The normalized spacial score (nSPS) is 11.4. The molecule has 8 heteroatoms. The Morgan fingerprint density at radius 1 is 1.14 bits per heavy atom. The molecule has 8 nitrogen and oxygen atoms in total. The highest BCUT2D eigenvalue weighted by Gasteiger charge is 2.12. The third kappa shape index (κ3) is 4.76. The molecule has 0 amide bonds. The zero-order chi connectivity index (χ0) is 19.8. The number of benzene rings is 2. The maximum atomic E-state index is 11.0. The van der Waals surface area contributed by atoms with Crippen LogP contribution < -0.4 is 15.1 Å². The minimum absolute atomic E-state index is 0.0446. The SMILES string of the molecule is COc1ccc([N+](=O)[O-])cc1C=NNC(=Nc1ccccc1)c1cccc[nH+]1.